The highest BCUT2D eigenvalue weighted by Crippen LogP contribution is 2.52. The van der Waals surface area contributed by atoms with Crippen LogP contribution in [-0.4, -0.2) is 53.9 Å². The predicted molar refractivity (Wildman–Crippen MR) is 157 cm³/mol. The molecule has 1 aliphatic heterocycles. The summed E-state index contributed by atoms with van der Waals surface area (Å²) in [5, 5.41) is 3.90. The van der Waals surface area contributed by atoms with Gasteiger partial charge in [-0.25, -0.2) is 4.79 Å². The predicted octanol–water partition coefficient (Wildman–Crippen LogP) is 5.16. The zero-order valence-corrected chi connectivity index (χ0v) is 24.5. The molecule has 3 N–H and O–H groups in total. The van der Waals surface area contributed by atoms with Gasteiger partial charge in [-0.3, -0.25) is 4.79 Å². The molecule has 0 saturated heterocycles. The molecule has 11 heteroatoms. The van der Waals surface area contributed by atoms with E-state index in [0.29, 0.717) is 61.7 Å². The molecule has 0 saturated carbocycles. The van der Waals surface area contributed by atoms with E-state index in [-0.39, 0.29) is 23.0 Å². The normalized spacial score (nSPS) is 14.0. The van der Waals surface area contributed by atoms with Crippen LogP contribution in [0.2, 0.25) is 0 Å². The molecule has 0 fully saturated rings. The number of esters is 1. The number of nitrogen functional groups attached to an aromatic ring is 1. The molecule has 1 atom stereocenters. The zero-order valence-electron chi connectivity index (χ0n) is 23.7. The van der Waals surface area contributed by atoms with E-state index in [9.17, 15) is 9.59 Å². The molecule has 0 aliphatic carbocycles. The lowest BCUT2D eigenvalue weighted by Crippen LogP contribution is -2.24. The Balaban J connectivity index is 1.90. The van der Waals surface area contributed by atoms with Crippen LogP contribution in [0.25, 0.3) is 0 Å². The first kappa shape index (κ1) is 29.3. The first-order valence-electron chi connectivity index (χ1n) is 12.5. The van der Waals surface area contributed by atoms with Crippen molar-refractivity contribution in [3.8, 4) is 28.7 Å². The maximum Gasteiger partial charge on any atom is 0.337 e. The summed E-state index contributed by atoms with van der Waals surface area (Å²) in [5.41, 5.74) is 9.46. The van der Waals surface area contributed by atoms with Gasteiger partial charge in [0.25, 0.3) is 0 Å². The Bertz CT molecular complexity index is 1520. The number of benzene rings is 2. The van der Waals surface area contributed by atoms with Gasteiger partial charge >= 0.3 is 5.97 Å². The van der Waals surface area contributed by atoms with Crippen LogP contribution >= 0.6 is 11.3 Å². The quantitative estimate of drug-likeness (QED) is 0.178. The molecule has 0 bridgehead atoms. The molecule has 1 aromatic heterocycles. The summed E-state index contributed by atoms with van der Waals surface area (Å²) in [5.74, 6) is 0.486. The van der Waals surface area contributed by atoms with E-state index in [4.69, 9.17) is 34.2 Å². The van der Waals surface area contributed by atoms with Crippen molar-refractivity contribution in [3.05, 3.63) is 75.8 Å². The molecule has 1 aliphatic rings. The molecule has 1 unspecified atom stereocenters. The Labute approximate surface area is 242 Å². The van der Waals surface area contributed by atoms with Gasteiger partial charge in [0.05, 0.1) is 51.8 Å². The minimum Gasteiger partial charge on any atom is -0.493 e. The molecular weight excluding hydrogens is 548 g/mol. The van der Waals surface area contributed by atoms with Crippen LogP contribution < -0.4 is 34.7 Å². The molecule has 216 valence electrons. The molecule has 0 radical (unpaired) electrons. The molecule has 4 rings (SSSR count). The highest BCUT2D eigenvalue weighted by atomic mass is 32.1. The summed E-state index contributed by atoms with van der Waals surface area (Å²) in [7, 11) is 7.51. The SMILES string of the molecule is C=CCOC(=O)C1=C(C)Nc2sc(C(=O)c3cc(OC)c(OC)c(OC)c3)c(N)c2C1c1ccc(OC)c(OC)c1. The van der Waals surface area contributed by atoms with E-state index in [1.54, 1.807) is 38.3 Å². The van der Waals surface area contributed by atoms with Crippen molar-refractivity contribution in [2.45, 2.75) is 12.8 Å². The van der Waals surface area contributed by atoms with Gasteiger partial charge in [0.1, 0.15) is 11.5 Å². The smallest absolute Gasteiger partial charge is 0.337 e. The summed E-state index contributed by atoms with van der Waals surface area (Å²) in [6, 6.07) is 8.51. The van der Waals surface area contributed by atoms with Crippen LogP contribution in [0.15, 0.2) is 54.3 Å². The average molecular weight is 581 g/mol. The summed E-state index contributed by atoms with van der Waals surface area (Å²) >= 11 is 1.20. The third kappa shape index (κ3) is 5.28. The van der Waals surface area contributed by atoms with Gasteiger partial charge in [-0.05, 0) is 36.8 Å². The van der Waals surface area contributed by atoms with Gasteiger partial charge in [0.15, 0.2) is 23.0 Å². The molecule has 0 amide bonds. The number of ether oxygens (including phenoxy) is 6. The van der Waals surface area contributed by atoms with E-state index in [1.807, 2.05) is 6.07 Å². The number of thiophene rings is 1. The number of hydrogen-bond acceptors (Lipinski definition) is 11. The Morgan fingerprint density at radius 3 is 2.15 bits per heavy atom. The van der Waals surface area contributed by atoms with Crippen LogP contribution in [0.3, 0.4) is 0 Å². The Kier molecular flexibility index (Phi) is 8.77. The largest absolute Gasteiger partial charge is 0.493 e. The number of carbonyl (C=O) groups excluding carboxylic acids is 2. The van der Waals surface area contributed by atoms with E-state index in [1.165, 1.54) is 45.9 Å². The van der Waals surface area contributed by atoms with Crippen LogP contribution in [0.4, 0.5) is 10.7 Å². The number of methoxy groups -OCH3 is 5. The number of allylic oxidation sites excluding steroid dienone is 1. The standard InChI is InChI=1S/C30H32N2O8S/c1-8-11-40-30(34)22-15(2)32-29-24(23(22)16-9-10-18(35-3)19(12-16)36-4)25(31)28(41-29)26(33)17-13-20(37-5)27(39-7)21(14-17)38-6/h8-10,12-14,23,32H,1,11,31H2,2-7H3. The fourth-order valence-corrected chi connectivity index (χ4v) is 5.97. The van der Waals surface area contributed by atoms with Gasteiger partial charge in [-0.2, -0.15) is 0 Å². The number of nitrogens with two attached hydrogens (primary N) is 1. The van der Waals surface area contributed by atoms with Crippen molar-refractivity contribution in [3.63, 3.8) is 0 Å². The van der Waals surface area contributed by atoms with Gasteiger partial charge in [0.2, 0.25) is 11.5 Å². The molecule has 2 aromatic carbocycles. The van der Waals surface area contributed by atoms with Gasteiger partial charge < -0.3 is 39.5 Å². The average Bonchev–Trinajstić information content (AvgIpc) is 3.32. The summed E-state index contributed by atoms with van der Waals surface area (Å²) in [6.45, 7) is 5.44. The van der Waals surface area contributed by atoms with Crippen molar-refractivity contribution in [2.75, 3.05) is 53.2 Å². The minimum atomic E-state index is -0.666. The van der Waals surface area contributed by atoms with Crippen LogP contribution in [0, 0.1) is 0 Å². The molecule has 2 heterocycles. The number of ketones is 1. The second-order valence-corrected chi connectivity index (χ2v) is 9.95. The maximum atomic E-state index is 13.9. The molecular formula is C30H32N2O8S. The van der Waals surface area contributed by atoms with E-state index >= 15 is 0 Å². The lowest BCUT2D eigenvalue weighted by atomic mass is 9.81. The van der Waals surface area contributed by atoms with E-state index < -0.39 is 11.9 Å². The number of carbonyl (C=O) groups is 2. The lowest BCUT2D eigenvalue weighted by molar-refractivity contribution is -0.138. The summed E-state index contributed by atoms with van der Waals surface area (Å²) in [6.07, 6.45) is 1.49. The van der Waals surface area contributed by atoms with Crippen molar-refractivity contribution in [1.29, 1.82) is 0 Å². The summed E-state index contributed by atoms with van der Waals surface area (Å²) < 4.78 is 32.7. The highest BCUT2D eigenvalue weighted by molar-refractivity contribution is 7.19. The number of hydrogen-bond donors (Lipinski definition) is 2. The molecule has 0 spiro atoms. The van der Waals surface area contributed by atoms with Crippen LogP contribution in [0.1, 0.15) is 39.2 Å². The number of nitrogens with one attached hydrogen (secondary N) is 1. The first-order chi connectivity index (χ1) is 19.7. The third-order valence-electron chi connectivity index (χ3n) is 6.69. The number of fused-ring (bicyclic) bond motifs is 1. The maximum absolute atomic E-state index is 13.9. The van der Waals surface area contributed by atoms with E-state index in [0.717, 1.165) is 0 Å². The van der Waals surface area contributed by atoms with Gasteiger partial charge in [-0.15, -0.1) is 11.3 Å². The third-order valence-corrected chi connectivity index (χ3v) is 7.83. The van der Waals surface area contributed by atoms with Crippen molar-refractivity contribution in [1.82, 2.24) is 0 Å². The monoisotopic (exact) mass is 580 g/mol. The Morgan fingerprint density at radius 1 is 0.951 bits per heavy atom. The minimum absolute atomic E-state index is 0.0329. The molecule has 10 nitrogen and oxygen atoms in total. The van der Waals surface area contributed by atoms with Crippen LogP contribution in [0.5, 0.6) is 28.7 Å². The number of anilines is 2. The first-order valence-corrected chi connectivity index (χ1v) is 13.3. The topological polar surface area (TPSA) is 128 Å². The van der Waals surface area contributed by atoms with Crippen molar-refractivity contribution < 1.29 is 38.0 Å². The summed E-state index contributed by atoms with van der Waals surface area (Å²) in [4.78, 5) is 27.5. The fraction of sp³-hybridized carbons (Fsp3) is 0.267. The Morgan fingerprint density at radius 2 is 1.59 bits per heavy atom. The fourth-order valence-electron chi connectivity index (χ4n) is 4.80. The second-order valence-electron chi connectivity index (χ2n) is 8.93. The van der Waals surface area contributed by atoms with Crippen LogP contribution in [-0.2, 0) is 9.53 Å². The Hall–Kier alpha value is -4.64. The van der Waals surface area contributed by atoms with Crippen molar-refractivity contribution >= 4 is 33.8 Å². The van der Waals surface area contributed by atoms with Crippen molar-refractivity contribution in [2.24, 2.45) is 0 Å². The van der Waals surface area contributed by atoms with E-state index in [2.05, 4.69) is 11.9 Å². The molecule has 41 heavy (non-hydrogen) atoms. The lowest BCUT2D eigenvalue weighted by Gasteiger charge is -2.28. The zero-order chi connectivity index (χ0) is 29.8. The molecule has 3 aromatic rings. The number of rotatable bonds is 11. The highest BCUT2D eigenvalue weighted by Gasteiger charge is 2.38. The second kappa shape index (κ2) is 12.3. The van der Waals surface area contributed by atoms with Gasteiger partial charge in [-0.1, -0.05) is 18.7 Å². The van der Waals surface area contributed by atoms with Gasteiger partial charge in [0, 0.05) is 22.7 Å².